The van der Waals surface area contributed by atoms with Crippen LogP contribution in [-0.2, 0) is 0 Å². The Morgan fingerprint density at radius 2 is 1.54 bits per heavy atom. The number of carbonyl (C=O) groups is 1. The van der Waals surface area contributed by atoms with Gasteiger partial charge in [-0.05, 0) is 49.5 Å². The second kappa shape index (κ2) is 10.3. The summed E-state index contributed by atoms with van der Waals surface area (Å²) in [6.07, 6.45) is 3.93. The standard InChI is InChI=1S/C22H28N2O.ClH/c1-18(17-24-15-9-4-10-16-24)21(19-11-5-2-6-12-19)23-22(25)20-13-7-3-8-14-20;/h2-3,5-8,11-14,18,21H,4,9-10,15-17H2,1H3,(H,23,25);1H. The van der Waals surface area contributed by atoms with E-state index in [-0.39, 0.29) is 24.4 Å². The van der Waals surface area contributed by atoms with Crippen molar-refractivity contribution in [1.82, 2.24) is 10.2 Å². The molecule has 1 saturated heterocycles. The summed E-state index contributed by atoms with van der Waals surface area (Å²) in [4.78, 5) is 15.2. The third-order valence-electron chi connectivity index (χ3n) is 5.05. The van der Waals surface area contributed by atoms with Crippen molar-refractivity contribution in [1.29, 1.82) is 0 Å². The van der Waals surface area contributed by atoms with Crippen LogP contribution in [0.3, 0.4) is 0 Å². The molecule has 0 spiro atoms. The fraction of sp³-hybridized carbons (Fsp3) is 0.409. The summed E-state index contributed by atoms with van der Waals surface area (Å²) in [6.45, 7) is 5.63. The molecule has 1 aliphatic heterocycles. The number of piperidine rings is 1. The lowest BCUT2D eigenvalue weighted by Crippen LogP contribution is -2.40. The highest BCUT2D eigenvalue weighted by Gasteiger charge is 2.24. The van der Waals surface area contributed by atoms with Gasteiger partial charge in [0.25, 0.3) is 5.91 Å². The Bertz CT molecular complexity index is 656. The topological polar surface area (TPSA) is 32.3 Å². The molecule has 3 nitrogen and oxygen atoms in total. The molecule has 0 saturated carbocycles. The number of benzene rings is 2. The second-order valence-corrected chi connectivity index (χ2v) is 7.07. The third kappa shape index (κ3) is 5.58. The predicted molar refractivity (Wildman–Crippen MR) is 110 cm³/mol. The van der Waals surface area contributed by atoms with Gasteiger partial charge in [-0.25, -0.2) is 0 Å². The molecule has 1 N–H and O–H groups in total. The van der Waals surface area contributed by atoms with E-state index in [0.29, 0.717) is 11.5 Å². The number of nitrogens with one attached hydrogen (secondary N) is 1. The smallest absolute Gasteiger partial charge is 0.251 e. The van der Waals surface area contributed by atoms with E-state index in [2.05, 4.69) is 29.3 Å². The van der Waals surface area contributed by atoms with Gasteiger partial charge in [0.15, 0.2) is 0 Å². The Hall–Kier alpha value is -1.84. The average Bonchev–Trinajstić information content (AvgIpc) is 2.68. The van der Waals surface area contributed by atoms with Gasteiger partial charge in [0.05, 0.1) is 6.04 Å². The molecule has 3 rings (SSSR count). The first kappa shape index (κ1) is 20.5. The molecular weight excluding hydrogens is 344 g/mol. The zero-order valence-corrected chi connectivity index (χ0v) is 16.3. The zero-order valence-electron chi connectivity index (χ0n) is 15.4. The number of nitrogens with zero attached hydrogens (tertiary/aromatic N) is 1. The number of hydrogen-bond donors (Lipinski definition) is 1. The van der Waals surface area contributed by atoms with Crippen molar-refractivity contribution in [3.63, 3.8) is 0 Å². The first-order chi connectivity index (χ1) is 12.2. The molecule has 1 heterocycles. The van der Waals surface area contributed by atoms with Crippen molar-refractivity contribution < 1.29 is 4.79 Å². The summed E-state index contributed by atoms with van der Waals surface area (Å²) >= 11 is 0. The maximum absolute atomic E-state index is 12.7. The molecule has 1 amide bonds. The maximum Gasteiger partial charge on any atom is 0.251 e. The average molecular weight is 373 g/mol. The van der Waals surface area contributed by atoms with Gasteiger partial charge >= 0.3 is 0 Å². The summed E-state index contributed by atoms with van der Waals surface area (Å²) in [5, 5.41) is 3.27. The summed E-state index contributed by atoms with van der Waals surface area (Å²) in [5.74, 6) is 0.355. The fourth-order valence-corrected chi connectivity index (χ4v) is 3.68. The lowest BCUT2D eigenvalue weighted by molar-refractivity contribution is 0.0910. The number of rotatable bonds is 6. The highest BCUT2D eigenvalue weighted by atomic mass is 35.5. The summed E-state index contributed by atoms with van der Waals surface area (Å²) < 4.78 is 0. The maximum atomic E-state index is 12.7. The Morgan fingerprint density at radius 1 is 0.962 bits per heavy atom. The number of halogens is 1. The fourth-order valence-electron chi connectivity index (χ4n) is 3.68. The largest absolute Gasteiger partial charge is 0.345 e. The van der Waals surface area contributed by atoms with Crippen LogP contribution in [0.25, 0.3) is 0 Å². The molecule has 2 aromatic rings. The Kier molecular flexibility index (Phi) is 8.14. The molecule has 2 atom stereocenters. The van der Waals surface area contributed by atoms with E-state index in [4.69, 9.17) is 0 Å². The minimum atomic E-state index is -0.0000489. The number of hydrogen-bond acceptors (Lipinski definition) is 2. The van der Waals surface area contributed by atoms with Crippen molar-refractivity contribution in [2.45, 2.75) is 32.2 Å². The van der Waals surface area contributed by atoms with Gasteiger partial charge in [0.1, 0.15) is 0 Å². The van der Waals surface area contributed by atoms with E-state index in [1.807, 2.05) is 48.5 Å². The molecule has 1 fully saturated rings. The SMILES string of the molecule is CC(CN1CCCCC1)C(NC(=O)c1ccccc1)c1ccccc1.Cl. The van der Waals surface area contributed by atoms with Gasteiger partial charge in [-0.3, -0.25) is 4.79 Å². The molecule has 0 radical (unpaired) electrons. The normalized spacial score (nSPS) is 17.0. The molecule has 0 aliphatic carbocycles. The zero-order chi connectivity index (χ0) is 17.5. The lowest BCUT2D eigenvalue weighted by atomic mass is 9.93. The van der Waals surface area contributed by atoms with Crippen LogP contribution < -0.4 is 5.32 Å². The van der Waals surface area contributed by atoms with E-state index in [1.54, 1.807) is 0 Å². The van der Waals surface area contributed by atoms with E-state index >= 15 is 0 Å². The predicted octanol–water partition coefficient (Wildman–Crippen LogP) is 4.70. The molecule has 140 valence electrons. The van der Waals surface area contributed by atoms with Crippen molar-refractivity contribution in [3.8, 4) is 0 Å². The van der Waals surface area contributed by atoms with Crippen molar-refractivity contribution in [3.05, 3.63) is 71.8 Å². The van der Waals surface area contributed by atoms with Crippen LogP contribution in [0, 0.1) is 5.92 Å². The molecule has 1 aliphatic rings. The van der Waals surface area contributed by atoms with Gasteiger partial charge < -0.3 is 10.2 Å². The first-order valence-electron chi connectivity index (χ1n) is 9.37. The number of amides is 1. The number of carbonyl (C=O) groups excluding carboxylic acids is 1. The molecule has 2 aromatic carbocycles. The van der Waals surface area contributed by atoms with Crippen molar-refractivity contribution >= 4 is 18.3 Å². The van der Waals surface area contributed by atoms with Crippen LogP contribution in [0.15, 0.2) is 60.7 Å². The summed E-state index contributed by atoms with van der Waals surface area (Å²) in [5.41, 5.74) is 1.89. The Balaban J connectivity index is 0.00000243. The van der Waals surface area contributed by atoms with Gasteiger partial charge in [0, 0.05) is 12.1 Å². The molecule has 0 bridgehead atoms. The highest BCUT2D eigenvalue weighted by molar-refractivity contribution is 5.94. The minimum Gasteiger partial charge on any atom is -0.345 e. The highest BCUT2D eigenvalue weighted by Crippen LogP contribution is 2.24. The van der Waals surface area contributed by atoms with Crippen LogP contribution in [0.4, 0.5) is 0 Å². The van der Waals surface area contributed by atoms with Crippen LogP contribution in [0.1, 0.15) is 48.1 Å². The van der Waals surface area contributed by atoms with Crippen LogP contribution in [0.2, 0.25) is 0 Å². The van der Waals surface area contributed by atoms with Crippen molar-refractivity contribution in [2.24, 2.45) is 5.92 Å². The third-order valence-corrected chi connectivity index (χ3v) is 5.05. The molecule has 4 heteroatoms. The Morgan fingerprint density at radius 3 is 2.15 bits per heavy atom. The molecule has 26 heavy (non-hydrogen) atoms. The minimum absolute atomic E-state index is 0. The van der Waals surface area contributed by atoms with Gasteiger partial charge in [-0.2, -0.15) is 0 Å². The van der Waals surface area contributed by atoms with Crippen LogP contribution in [0.5, 0.6) is 0 Å². The van der Waals surface area contributed by atoms with Gasteiger partial charge in [-0.15, -0.1) is 12.4 Å². The van der Waals surface area contributed by atoms with Crippen LogP contribution >= 0.6 is 12.4 Å². The first-order valence-corrected chi connectivity index (χ1v) is 9.37. The van der Waals surface area contributed by atoms with Crippen LogP contribution in [-0.4, -0.2) is 30.4 Å². The lowest BCUT2D eigenvalue weighted by Gasteiger charge is -2.33. The Labute approximate surface area is 163 Å². The van der Waals surface area contributed by atoms with E-state index in [1.165, 1.54) is 37.9 Å². The van der Waals surface area contributed by atoms with E-state index in [9.17, 15) is 4.79 Å². The van der Waals surface area contributed by atoms with E-state index < -0.39 is 0 Å². The number of likely N-dealkylation sites (tertiary alicyclic amines) is 1. The summed E-state index contributed by atoms with van der Waals surface area (Å²) in [7, 11) is 0. The summed E-state index contributed by atoms with van der Waals surface area (Å²) in [6, 6.07) is 19.8. The molecule has 0 aromatic heterocycles. The van der Waals surface area contributed by atoms with E-state index in [0.717, 1.165) is 6.54 Å². The van der Waals surface area contributed by atoms with Crippen molar-refractivity contribution in [2.75, 3.05) is 19.6 Å². The van der Waals surface area contributed by atoms with Gasteiger partial charge in [0.2, 0.25) is 0 Å². The van der Waals surface area contributed by atoms with Gasteiger partial charge in [-0.1, -0.05) is 61.9 Å². The quantitative estimate of drug-likeness (QED) is 0.796. The molecule has 2 unspecified atom stereocenters. The molecular formula is C22H29ClN2O. The monoisotopic (exact) mass is 372 g/mol. The second-order valence-electron chi connectivity index (χ2n) is 7.07.